The number of rotatable bonds is 7. The van der Waals surface area contributed by atoms with E-state index in [0.717, 1.165) is 12.1 Å². The van der Waals surface area contributed by atoms with Crippen molar-refractivity contribution in [3.8, 4) is 5.69 Å². The van der Waals surface area contributed by atoms with Crippen LogP contribution in [0.5, 0.6) is 0 Å². The van der Waals surface area contributed by atoms with Crippen molar-refractivity contribution >= 4 is 23.3 Å². The molecule has 7 heteroatoms. The summed E-state index contributed by atoms with van der Waals surface area (Å²) >= 11 is 6.26. The van der Waals surface area contributed by atoms with Gasteiger partial charge in [0.2, 0.25) is 0 Å². The SMILES string of the molecule is O=C(NCCCOC1CCCC1)Nc1ccc(-n2cccn2)c(Cl)c1. The van der Waals surface area contributed by atoms with Crippen LogP contribution in [0.4, 0.5) is 10.5 Å². The summed E-state index contributed by atoms with van der Waals surface area (Å²) in [7, 11) is 0. The smallest absolute Gasteiger partial charge is 0.319 e. The van der Waals surface area contributed by atoms with Crippen molar-refractivity contribution in [3.05, 3.63) is 41.7 Å². The second-order valence-corrected chi connectivity index (χ2v) is 6.54. The van der Waals surface area contributed by atoms with Gasteiger partial charge in [-0.2, -0.15) is 5.10 Å². The zero-order valence-electron chi connectivity index (χ0n) is 14.1. The van der Waals surface area contributed by atoms with E-state index in [4.69, 9.17) is 16.3 Å². The van der Waals surface area contributed by atoms with Crippen LogP contribution < -0.4 is 10.6 Å². The van der Waals surface area contributed by atoms with Crippen LogP contribution in [0.1, 0.15) is 32.1 Å². The summed E-state index contributed by atoms with van der Waals surface area (Å²) in [5.41, 5.74) is 1.40. The Balaban J connectivity index is 1.39. The molecule has 2 aromatic rings. The van der Waals surface area contributed by atoms with E-state index in [1.54, 1.807) is 23.0 Å². The second-order valence-electron chi connectivity index (χ2n) is 6.13. The molecule has 134 valence electrons. The van der Waals surface area contributed by atoms with Gasteiger partial charge in [-0.15, -0.1) is 0 Å². The maximum absolute atomic E-state index is 11.9. The molecule has 1 heterocycles. The zero-order chi connectivity index (χ0) is 17.5. The number of amides is 2. The number of hydrogen-bond acceptors (Lipinski definition) is 3. The molecule has 1 aromatic heterocycles. The highest BCUT2D eigenvalue weighted by Crippen LogP contribution is 2.24. The lowest BCUT2D eigenvalue weighted by Crippen LogP contribution is -2.30. The van der Waals surface area contributed by atoms with Gasteiger partial charge in [-0.25, -0.2) is 9.48 Å². The number of anilines is 1. The van der Waals surface area contributed by atoms with Crippen LogP contribution in [0, 0.1) is 0 Å². The number of halogens is 1. The van der Waals surface area contributed by atoms with Crippen molar-refractivity contribution in [2.45, 2.75) is 38.2 Å². The summed E-state index contributed by atoms with van der Waals surface area (Å²) in [5.74, 6) is 0. The van der Waals surface area contributed by atoms with Crippen LogP contribution in [-0.2, 0) is 4.74 Å². The molecule has 0 atom stereocenters. The Morgan fingerprint density at radius 3 is 2.92 bits per heavy atom. The van der Waals surface area contributed by atoms with E-state index in [2.05, 4.69) is 15.7 Å². The fourth-order valence-electron chi connectivity index (χ4n) is 2.94. The maximum atomic E-state index is 11.9. The lowest BCUT2D eigenvalue weighted by atomic mass is 10.3. The van der Waals surface area contributed by atoms with Crippen LogP contribution >= 0.6 is 11.6 Å². The third-order valence-electron chi connectivity index (χ3n) is 4.22. The monoisotopic (exact) mass is 362 g/mol. The van der Waals surface area contributed by atoms with E-state index < -0.39 is 0 Å². The molecular weight excluding hydrogens is 340 g/mol. The van der Waals surface area contributed by atoms with Gasteiger partial charge >= 0.3 is 6.03 Å². The molecule has 1 saturated carbocycles. The maximum Gasteiger partial charge on any atom is 0.319 e. The minimum atomic E-state index is -0.247. The lowest BCUT2D eigenvalue weighted by Gasteiger charge is -2.12. The molecule has 6 nitrogen and oxygen atoms in total. The van der Waals surface area contributed by atoms with Crippen LogP contribution in [-0.4, -0.2) is 35.1 Å². The molecule has 25 heavy (non-hydrogen) atoms. The topological polar surface area (TPSA) is 68.2 Å². The van der Waals surface area contributed by atoms with Crippen molar-refractivity contribution in [2.75, 3.05) is 18.5 Å². The molecule has 1 fully saturated rings. The number of urea groups is 1. The minimum absolute atomic E-state index is 0.247. The third-order valence-corrected chi connectivity index (χ3v) is 4.52. The molecule has 2 amide bonds. The highest BCUT2D eigenvalue weighted by molar-refractivity contribution is 6.32. The number of nitrogens with zero attached hydrogens (tertiary/aromatic N) is 2. The summed E-state index contributed by atoms with van der Waals surface area (Å²) in [4.78, 5) is 11.9. The quantitative estimate of drug-likeness (QED) is 0.731. The molecule has 0 aliphatic heterocycles. The largest absolute Gasteiger partial charge is 0.378 e. The van der Waals surface area contributed by atoms with Crippen LogP contribution in [0.2, 0.25) is 5.02 Å². The number of hydrogen-bond donors (Lipinski definition) is 2. The van der Waals surface area contributed by atoms with Gasteiger partial charge in [0.05, 0.1) is 16.8 Å². The van der Waals surface area contributed by atoms with Crippen LogP contribution in [0.25, 0.3) is 5.69 Å². The average Bonchev–Trinajstić information content (AvgIpc) is 3.28. The molecule has 2 N–H and O–H groups in total. The van der Waals surface area contributed by atoms with Gasteiger partial charge in [0.25, 0.3) is 0 Å². The van der Waals surface area contributed by atoms with Gasteiger partial charge in [-0.3, -0.25) is 0 Å². The normalized spacial score (nSPS) is 14.6. The van der Waals surface area contributed by atoms with Gasteiger partial charge in [0, 0.05) is 31.2 Å². The van der Waals surface area contributed by atoms with Crippen molar-refractivity contribution in [1.29, 1.82) is 0 Å². The number of ether oxygens (including phenoxy) is 1. The van der Waals surface area contributed by atoms with E-state index in [0.29, 0.717) is 30.0 Å². The van der Waals surface area contributed by atoms with Crippen molar-refractivity contribution in [2.24, 2.45) is 0 Å². The molecule has 0 radical (unpaired) electrons. The highest BCUT2D eigenvalue weighted by atomic mass is 35.5. The van der Waals surface area contributed by atoms with Gasteiger partial charge in [0.1, 0.15) is 0 Å². The number of carbonyl (C=O) groups is 1. The molecule has 3 rings (SSSR count). The molecule has 0 spiro atoms. The zero-order valence-corrected chi connectivity index (χ0v) is 14.8. The Morgan fingerprint density at radius 1 is 1.36 bits per heavy atom. The predicted octanol–water partition coefficient (Wildman–Crippen LogP) is 4.00. The molecule has 0 bridgehead atoms. The first kappa shape index (κ1) is 17.8. The van der Waals surface area contributed by atoms with Crippen LogP contribution in [0.15, 0.2) is 36.7 Å². The Bertz CT molecular complexity index is 684. The Labute approximate surface area is 152 Å². The molecular formula is C18H23ClN4O2. The number of carbonyl (C=O) groups excluding carboxylic acids is 1. The minimum Gasteiger partial charge on any atom is -0.378 e. The van der Waals surface area contributed by atoms with Gasteiger partial charge < -0.3 is 15.4 Å². The molecule has 1 aliphatic rings. The van der Waals surface area contributed by atoms with E-state index in [-0.39, 0.29) is 6.03 Å². The number of benzene rings is 1. The molecule has 1 aliphatic carbocycles. The number of aromatic nitrogens is 2. The summed E-state index contributed by atoms with van der Waals surface area (Å²) in [5, 5.41) is 10.3. The fourth-order valence-corrected chi connectivity index (χ4v) is 3.20. The Morgan fingerprint density at radius 2 is 2.20 bits per heavy atom. The lowest BCUT2D eigenvalue weighted by molar-refractivity contribution is 0.0572. The van der Waals surface area contributed by atoms with E-state index >= 15 is 0 Å². The van der Waals surface area contributed by atoms with Crippen LogP contribution in [0.3, 0.4) is 0 Å². The second kappa shape index (κ2) is 8.87. The van der Waals surface area contributed by atoms with E-state index in [9.17, 15) is 4.79 Å². The highest BCUT2D eigenvalue weighted by Gasteiger charge is 2.14. The summed E-state index contributed by atoms with van der Waals surface area (Å²) < 4.78 is 7.45. The van der Waals surface area contributed by atoms with E-state index in [1.165, 1.54) is 25.7 Å². The average molecular weight is 363 g/mol. The van der Waals surface area contributed by atoms with E-state index in [1.807, 2.05) is 18.3 Å². The Kier molecular flexibility index (Phi) is 6.30. The molecule has 0 unspecified atom stereocenters. The van der Waals surface area contributed by atoms with Gasteiger partial charge in [-0.1, -0.05) is 24.4 Å². The molecule has 1 aromatic carbocycles. The summed E-state index contributed by atoms with van der Waals surface area (Å²) in [6.45, 7) is 1.27. The van der Waals surface area contributed by atoms with Crippen molar-refractivity contribution in [3.63, 3.8) is 0 Å². The van der Waals surface area contributed by atoms with Crippen molar-refractivity contribution in [1.82, 2.24) is 15.1 Å². The van der Waals surface area contributed by atoms with Gasteiger partial charge in [0.15, 0.2) is 0 Å². The Hall–Kier alpha value is -2.05. The van der Waals surface area contributed by atoms with Gasteiger partial charge in [-0.05, 0) is 43.5 Å². The summed E-state index contributed by atoms with van der Waals surface area (Å²) in [6.07, 6.45) is 9.61. The summed E-state index contributed by atoms with van der Waals surface area (Å²) in [6, 6.07) is 6.91. The standard InChI is InChI=1S/C18H23ClN4O2/c19-16-13-14(7-8-17(16)23-11-3-10-21-23)22-18(24)20-9-4-12-25-15-5-1-2-6-15/h3,7-8,10-11,13,15H,1-2,4-6,9,12H2,(H2,20,22,24). The third kappa shape index (κ3) is 5.21. The first-order valence-electron chi connectivity index (χ1n) is 8.68. The fraction of sp³-hybridized carbons (Fsp3) is 0.444. The first-order valence-corrected chi connectivity index (χ1v) is 9.06. The molecule has 0 saturated heterocycles. The predicted molar refractivity (Wildman–Crippen MR) is 98.4 cm³/mol. The number of nitrogens with one attached hydrogen (secondary N) is 2. The first-order chi connectivity index (χ1) is 12.2. The van der Waals surface area contributed by atoms with Crippen molar-refractivity contribution < 1.29 is 9.53 Å².